The van der Waals surface area contributed by atoms with Gasteiger partial charge in [-0.15, -0.1) is 0 Å². The third-order valence-corrected chi connectivity index (χ3v) is 0.981. The minimum Gasteiger partial charge on any atom is -0.0775 e. The second-order valence-corrected chi connectivity index (χ2v) is 2.09. The van der Waals surface area contributed by atoms with E-state index in [1.54, 1.807) is 0 Å². The first-order valence-corrected chi connectivity index (χ1v) is 4.42. The van der Waals surface area contributed by atoms with Crippen molar-refractivity contribution in [3.63, 3.8) is 0 Å². The molecule has 0 heterocycles. The smallest absolute Gasteiger partial charge is 0.00235 e. The monoisotopic (exact) mass is 142 g/mol. The Balaban J connectivity index is 3.40. The van der Waals surface area contributed by atoms with Crippen LogP contribution in [-0.4, -0.2) is 12.5 Å². The molecule has 0 saturated heterocycles. The van der Waals surface area contributed by atoms with Crippen LogP contribution in [0.2, 0.25) is 0 Å². The van der Waals surface area contributed by atoms with Crippen molar-refractivity contribution in [1.82, 2.24) is 0 Å². The molecule has 0 spiro atoms. The molecular formula is C6H6S2. The van der Waals surface area contributed by atoms with E-state index in [4.69, 9.17) is 0 Å². The Morgan fingerprint density at radius 2 is 1.25 bits per heavy atom. The summed E-state index contributed by atoms with van der Waals surface area (Å²) >= 11 is 2.96. The molecule has 0 fully saturated rings. The van der Waals surface area contributed by atoms with Crippen LogP contribution in [0, 0.1) is 22.3 Å². The molecule has 0 aliphatic heterocycles. The van der Waals surface area contributed by atoms with Crippen molar-refractivity contribution in [3.8, 4) is 22.3 Å². The van der Waals surface area contributed by atoms with Crippen molar-refractivity contribution in [2.45, 2.75) is 0 Å². The van der Waals surface area contributed by atoms with Gasteiger partial charge in [0.05, 0.1) is 0 Å². The molecule has 0 bridgehead atoms. The fourth-order valence-electron chi connectivity index (χ4n) is 0.153. The zero-order valence-electron chi connectivity index (χ0n) is 4.82. The predicted octanol–water partition coefficient (Wildman–Crippen LogP) is 1.63. The Kier molecular flexibility index (Phi) is 6.67. The maximum Gasteiger partial charge on any atom is -0.00235 e. The summed E-state index contributed by atoms with van der Waals surface area (Å²) in [5.74, 6) is 5.33. The zero-order valence-corrected chi connectivity index (χ0v) is 6.45. The quantitative estimate of drug-likeness (QED) is 0.471. The highest BCUT2D eigenvalue weighted by Crippen LogP contribution is 1.84. The average Bonchev–Trinajstić information content (AvgIpc) is 1.81. The standard InChI is InChI=1S/C6H6S2/c1-7-5-3-4-6-8-2/h1-2H3. The minimum absolute atomic E-state index is 1.48. The van der Waals surface area contributed by atoms with Gasteiger partial charge in [-0.3, -0.25) is 0 Å². The van der Waals surface area contributed by atoms with E-state index in [0.29, 0.717) is 0 Å². The molecule has 0 unspecified atom stereocenters. The van der Waals surface area contributed by atoms with Crippen LogP contribution in [0.15, 0.2) is 0 Å². The summed E-state index contributed by atoms with van der Waals surface area (Å²) in [5.41, 5.74) is 0. The molecule has 0 atom stereocenters. The van der Waals surface area contributed by atoms with E-state index < -0.39 is 0 Å². The lowest BCUT2D eigenvalue weighted by Crippen LogP contribution is -1.47. The first-order chi connectivity index (χ1) is 3.91. The van der Waals surface area contributed by atoms with Gasteiger partial charge in [-0.25, -0.2) is 0 Å². The van der Waals surface area contributed by atoms with E-state index >= 15 is 0 Å². The van der Waals surface area contributed by atoms with Gasteiger partial charge in [0.1, 0.15) is 0 Å². The second-order valence-electron chi connectivity index (χ2n) is 0.862. The lowest BCUT2D eigenvalue weighted by atomic mass is 10.7. The van der Waals surface area contributed by atoms with Gasteiger partial charge in [0.25, 0.3) is 0 Å². The van der Waals surface area contributed by atoms with Crippen molar-refractivity contribution < 1.29 is 0 Å². The van der Waals surface area contributed by atoms with Crippen LogP contribution in [0.1, 0.15) is 0 Å². The third-order valence-electron chi connectivity index (χ3n) is 0.369. The molecule has 2 heteroatoms. The van der Waals surface area contributed by atoms with Crippen LogP contribution in [0.25, 0.3) is 0 Å². The summed E-state index contributed by atoms with van der Waals surface area (Å²) in [6, 6.07) is 0. The van der Waals surface area contributed by atoms with Gasteiger partial charge in [-0.2, -0.15) is 0 Å². The molecule has 0 N–H and O–H groups in total. The van der Waals surface area contributed by atoms with Gasteiger partial charge < -0.3 is 0 Å². The van der Waals surface area contributed by atoms with Crippen LogP contribution >= 0.6 is 23.5 Å². The summed E-state index contributed by atoms with van der Waals surface area (Å²) in [6.07, 6.45) is 3.85. The highest BCUT2D eigenvalue weighted by Gasteiger charge is 1.57. The van der Waals surface area contributed by atoms with E-state index in [0.717, 1.165) is 0 Å². The number of hydrogen-bond donors (Lipinski definition) is 0. The lowest BCUT2D eigenvalue weighted by molar-refractivity contribution is 2.47. The molecule has 0 aromatic rings. The number of hydrogen-bond acceptors (Lipinski definition) is 2. The van der Waals surface area contributed by atoms with Crippen LogP contribution in [0.4, 0.5) is 0 Å². The van der Waals surface area contributed by atoms with Crippen molar-refractivity contribution in [2.75, 3.05) is 12.5 Å². The highest BCUT2D eigenvalue weighted by atomic mass is 32.2. The maximum absolute atomic E-state index is 2.76. The molecule has 42 valence electrons. The van der Waals surface area contributed by atoms with E-state index in [1.165, 1.54) is 23.5 Å². The minimum atomic E-state index is 1.48. The summed E-state index contributed by atoms with van der Waals surface area (Å²) in [5, 5.41) is 5.53. The van der Waals surface area contributed by atoms with Gasteiger partial charge in [-0.05, 0) is 34.9 Å². The molecule has 0 aromatic heterocycles. The zero-order chi connectivity index (χ0) is 6.24. The normalized spacial score (nSPS) is 5.75. The fourth-order valence-corrected chi connectivity index (χ4v) is 0.459. The summed E-state index contributed by atoms with van der Waals surface area (Å²) in [6.45, 7) is 0. The molecule has 0 saturated carbocycles. The first kappa shape index (κ1) is 7.82. The van der Waals surface area contributed by atoms with Crippen molar-refractivity contribution in [1.29, 1.82) is 0 Å². The molecular weight excluding hydrogens is 136 g/mol. The number of thioether (sulfide) groups is 2. The Morgan fingerprint density at radius 1 is 0.875 bits per heavy atom. The van der Waals surface area contributed by atoms with Crippen molar-refractivity contribution in [3.05, 3.63) is 0 Å². The Labute approximate surface area is 58.8 Å². The topological polar surface area (TPSA) is 0 Å². The Bertz CT molecular complexity index is 131. The van der Waals surface area contributed by atoms with E-state index in [1.807, 2.05) is 12.5 Å². The van der Waals surface area contributed by atoms with Gasteiger partial charge in [0.2, 0.25) is 0 Å². The SMILES string of the molecule is CSC#CC#CSC. The summed E-state index contributed by atoms with van der Waals surface area (Å²) in [4.78, 5) is 0. The Hall–Kier alpha value is -0.180. The van der Waals surface area contributed by atoms with Gasteiger partial charge in [-0.1, -0.05) is 23.5 Å². The fraction of sp³-hybridized carbons (Fsp3) is 0.333. The molecule has 0 rings (SSSR count). The molecule has 0 radical (unpaired) electrons. The van der Waals surface area contributed by atoms with Crippen molar-refractivity contribution >= 4 is 23.5 Å². The van der Waals surface area contributed by atoms with E-state index in [2.05, 4.69) is 22.3 Å². The average molecular weight is 142 g/mol. The highest BCUT2D eigenvalue weighted by molar-refractivity contribution is 8.03. The van der Waals surface area contributed by atoms with E-state index in [9.17, 15) is 0 Å². The Morgan fingerprint density at radius 3 is 1.50 bits per heavy atom. The summed E-state index contributed by atoms with van der Waals surface area (Å²) in [7, 11) is 0. The maximum atomic E-state index is 2.76. The van der Waals surface area contributed by atoms with Crippen LogP contribution in [0.5, 0.6) is 0 Å². The van der Waals surface area contributed by atoms with E-state index in [-0.39, 0.29) is 0 Å². The van der Waals surface area contributed by atoms with Gasteiger partial charge in [0, 0.05) is 0 Å². The molecule has 8 heavy (non-hydrogen) atoms. The molecule has 0 amide bonds. The largest absolute Gasteiger partial charge is 0.0775 e. The second kappa shape index (κ2) is 6.82. The molecule has 0 aliphatic carbocycles. The van der Waals surface area contributed by atoms with Crippen LogP contribution in [-0.2, 0) is 0 Å². The number of rotatable bonds is 0. The van der Waals surface area contributed by atoms with Crippen LogP contribution in [0.3, 0.4) is 0 Å². The third kappa shape index (κ3) is 5.82. The van der Waals surface area contributed by atoms with Crippen molar-refractivity contribution in [2.24, 2.45) is 0 Å². The predicted molar refractivity (Wildman–Crippen MR) is 42.6 cm³/mol. The molecule has 0 aromatic carbocycles. The van der Waals surface area contributed by atoms with Gasteiger partial charge in [0.15, 0.2) is 0 Å². The first-order valence-electron chi connectivity index (χ1n) is 1.97. The van der Waals surface area contributed by atoms with Crippen LogP contribution < -0.4 is 0 Å². The summed E-state index contributed by atoms with van der Waals surface area (Å²) < 4.78 is 0. The molecule has 0 nitrogen and oxygen atoms in total. The lowest BCUT2D eigenvalue weighted by Gasteiger charge is -1.63. The molecule has 0 aliphatic rings. The van der Waals surface area contributed by atoms with Gasteiger partial charge >= 0.3 is 0 Å².